The van der Waals surface area contributed by atoms with Crippen LogP contribution in [0.2, 0.25) is 0 Å². The molecule has 0 aliphatic heterocycles. The van der Waals surface area contributed by atoms with Crippen LogP contribution in [0.4, 0.5) is 10.1 Å². The van der Waals surface area contributed by atoms with E-state index in [1.165, 1.54) is 16.8 Å². The number of amides is 1. The fourth-order valence-electron chi connectivity index (χ4n) is 2.82. The van der Waals surface area contributed by atoms with Crippen LogP contribution in [-0.4, -0.2) is 27.8 Å². The number of carbonyl (C=O) groups is 1. The van der Waals surface area contributed by atoms with E-state index in [0.717, 1.165) is 10.0 Å². The summed E-state index contributed by atoms with van der Waals surface area (Å²) in [5, 5.41) is 7.14. The molecular formula is C22H16BrFN4O2. The smallest absolute Gasteiger partial charge is 0.295 e. The molecule has 1 heterocycles. The topological polar surface area (TPSA) is 69.0 Å². The molecule has 150 valence electrons. The Morgan fingerprint density at radius 1 is 1.00 bits per heavy atom. The summed E-state index contributed by atoms with van der Waals surface area (Å²) in [4.78, 5) is 17.2. The van der Waals surface area contributed by atoms with Crippen molar-refractivity contribution >= 4 is 27.5 Å². The molecule has 1 aromatic heterocycles. The monoisotopic (exact) mass is 466 g/mol. The molecule has 0 aliphatic carbocycles. The minimum Gasteiger partial charge on any atom is -0.497 e. The summed E-state index contributed by atoms with van der Waals surface area (Å²) >= 11 is 3.41. The van der Waals surface area contributed by atoms with E-state index in [-0.39, 0.29) is 11.6 Å². The second kappa shape index (κ2) is 8.46. The van der Waals surface area contributed by atoms with Crippen molar-refractivity contribution in [2.45, 2.75) is 0 Å². The first-order valence-corrected chi connectivity index (χ1v) is 9.77. The van der Waals surface area contributed by atoms with Crippen molar-refractivity contribution in [3.63, 3.8) is 0 Å². The lowest BCUT2D eigenvalue weighted by atomic mass is 10.2. The maximum atomic E-state index is 13.4. The third kappa shape index (κ3) is 4.23. The highest BCUT2D eigenvalue weighted by Gasteiger charge is 2.19. The second-order valence-corrected chi connectivity index (χ2v) is 7.25. The molecule has 8 heteroatoms. The van der Waals surface area contributed by atoms with E-state index in [4.69, 9.17) is 4.74 Å². The molecule has 0 saturated heterocycles. The van der Waals surface area contributed by atoms with Gasteiger partial charge in [-0.2, -0.15) is 0 Å². The maximum absolute atomic E-state index is 13.4. The van der Waals surface area contributed by atoms with Crippen molar-refractivity contribution < 1.29 is 13.9 Å². The number of rotatable bonds is 5. The van der Waals surface area contributed by atoms with Crippen LogP contribution in [0.3, 0.4) is 0 Å². The largest absolute Gasteiger partial charge is 0.497 e. The van der Waals surface area contributed by atoms with Crippen LogP contribution < -0.4 is 10.1 Å². The van der Waals surface area contributed by atoms with Crippen LogP contribution in [-0.2, 0) is 0 Å². The van der Waals surface area contributed by atoms with E-state index in [9.17, 15) is 9.18 Å². The number of benzene rings is 3. The number of carbonyl (C=O) groups excluding carboxylic acids is 1. The second-order valence-electron chi connectivity index (χ2n) is 6.34. The quantitative estimate of drug-likeness (QED) is 0.444. The summed E-state index contributed by atoms with van der Waals surface area (Å²) in [5.41, 5.74) is 1.94. The Bertz CT molecular complexity index is 1110. The number of hydrogen-bond donors (Lipinski definition) is 1. The minimum atomic E-state index is -0.459. The first-order valence-electron chi connectivity index (χ1n) is 8.98. The Balaban J connectivity index is 1.71. The third-order valence-electron chi connectivity index (χ3n) is 4.33. The highest BCUT2D eigenvalue weighted by Crippen LogP contribution is 2.24. The molecule has 0 radical (unpaired) electrons. The molecule has 0 aliphatic rings. The van der Waals surface area contributed by atoms with E-state index >= 15 is 0 Å². The number of hydrogen-bond acceptors (Lipinski definition) is 4. The number of anilines is 1. The standard InChI is InChI=1S/C22H16BrFN4O2/c1-30-19-12-8-17(9-13-19)25-22(29)20-26-21(14-2-4-15(23)5-3-14)28(27-20)18-10-6-16(24)7-11-18/h2-13H,1H3,(H,25,29). The number of methoxy groups -OCH3 is 1. The Hall–Kier alpha value is -3.52. The molecule has 0 spiro atoms. The summed E-state index contributed by atoms with van der Waals surface area (Å²) < 4.78 is 20.9. The highest BCUT2D eigenvalue weighted by atomic mass is 79.9. The molecular weight excluding hydrogens is 451 g/mol. The summed E-state index contributed by atoms with van der Waals surface area (Å²) in [6, 6.07) is 20.2. The van der Waals surface area contributed by atoms with E-state index in [2.05, 4.69) is 31.3 Å². The van der Waals surface area contributed by atoms with Crippen molar-refractivity contribution in [1.82, 2.24) is 14.8 Å². The Labute approximate surface area is 180 Å². The van der Waals surface area contributed by atoms with E-state index in [0.29, 0.717) is 22.9 Å². The highest BCUT2D eigenvalue weighted by molar-refractivity contribution is 9.10. The van der Waals surface area contributed by atoms with Crippen molar-refractivity contribution in [3.8, 4) is 22.8 Å². The van der Waals surface area contributed by atoms with Gasteiger partial charge in [0.1, 0.15) is 11.6 Å². The molecule has 1 N–H and O–H groups in total. The van der Waals surface area contributed by atoms with Crippen LogP contribution in [0.1, 0.15) is 10.6 Å². The van der Waals surface area contributed by atoms with Gasteiger partial charge in [-0.05, 0) is 60.7 Å². The average Bonchev–Trinajstić information content (AvgIpc) is 3.21. The molecule has 30 heavy (non-hydrogen) atoms. The third-order valence-corrected chi connectivity index (χ3v) is 4.86. The number of halogens is 2. The minimum absolute atomic E-state index is 0.00642. The average molecular weight is 467 g/mol. The molecule has 6 nitrogen and oxygen atoms in total. The summed E-state index contributed by atoms with van der Waals surface area (Å²) in [7, 11) is 1.57. The lowest BCUT2D eigenvalue weighted by Gasteiger charge is -2.06. The van der Waals surface area contributed by atoms with Crippen molar-refractivity contribution in [2.75, 3.05) is 12.4 Å². The van der Waals surface area contributed by atoms with Crippen molar-refractivity contribution in [3.05, 3.63) is 88.9 Å². The van der Waals surface area contributed by atoms with Gasteiger partial charge in [0.05, 0.1) is 12.8 Å². The molecule has 3 aromatic carbocycles. The fourth-order valence-corrected chi connectivity index (χ4v) is 3.08. The molecule has 1 amide bonds. The molecule has 0 fully saturated rings. The zero-order valence-electron chi connectivity index (χ0n) is 15.8. The summed E-state index contributed by atoms with van der Waals surface area (Å²) in [6.07, 6.45) is 0. The first kappa shape index (κ1) is 19.8. The van der Waals surface area contributed by atoms with Crippen molar-refractivity contribution in [1.29, 1.82) is 0 Å². The summed E-state index contributed by atoms with van der Waals surface area (Å²) in [6.45, 7) is 0. The Kier molecular flexibility index (Phi) is 5.58. The summed E-state index contributed by atoms with van der Waals surface area (Å²) in [5.74, 6) is 0.326. The lowest BCUT2D eigenvalue weighted by molar-refractivity contribution is 0.101. The Morgan fingerprint density at radius 2 is 1.67 bits per heavy atom. The van der Waals surface area contributed by atoms with E-state index in [1.807, 2.05) is 24.3 Å². The van der Waals surface area contributed by atoms with E-state index < -0.39 is 5.91 Å². The zero-order valence-corrected chi connectivity index (χ0v) is 17.4. The molecule has 0 unspecified atom stereocenters. The van der Waals surface area contributed by atoms with Gasteiger partial charge in [0, 0.05) is 15.7 Å². The van der Waals surface area contributed by atoms with Crippen LogP contribution in [0.15, 0.2) is 77.3 Å². The van der Waals surface area contributed by atoms with Gasteiger partial charge in [0.2, 0.25) is 5.82 Å². The molecule has 4 rings (SSSR count). The van der Waals surface area contributed by atoms with Crippen molar-refractivity contribution in [2.24, 2.45) is 0 Å². The molecule has 0 atom stereocenters. The number of ether oxygens (including phenoxy) is 1. The van der Waals surface area contributed by atoms with Gasteiger partial charge in [-0.3, -0.25) is 4.79 Å². The van der Waals surface area contributed by atoms with Gasteiger partial charge < -0.3 is 10.1 Å². The normalized spacial score (nSPS) is 10.6. The number of nitrogens with zero attached hydrogens (tertiary/aromatic N) is 3. The van der Waals surface area contributed by atoms with E-state index in [1.54, 1.807) is 43.5 Å². The van der Waals surface area contributed by atoms with Gasteiger partial charge in [-0.1, -0.05) is 28.1 Å². The molecule has 0 bridgehead atoms. The molecule has 0 saturated carbocycles. The predicted octanol–water partition coefficient (Wildman–Crippen LogP) is 5.10. The Morgan fingerprint density at radius 3 is 2.30 bits per heavy atom. The van der Waals surface area contributed by atoms with Crippen LogP contribution in [0, 0.1) is 5.82 Å². The van der Waals surface area contributed by atoms with Crippen LogP contribution in [0.5, 0.6) is 5.75 Å². The van der Waals surface area contributed by atoms with Gasteiger partial charge in [-0.25, -0.2) is 14.1 Å². The predicted molar refractivity (Wildman–Crippen MR) is 115 cm³/mol. The van der Waals surface area contributed by atoms with Gasteiger partial charge in [0.25, 0.3) is 5.91 Å². The van der Waals surface area contributed by atoms with Gasteiger partial charge in [-0.15, -0.1) is 5.10 Å². The zero-order chi connectivity index (χ0) is 21.1. The first-order chi connectivity index (χ1) is 14.5. The SMILES string of the molecule is COc1ccc(NC(=O)c2nc(-c3ccc(Br)cc3)n(-c3ccc(F)cc3)n2)cc1. The number of nitrogens with one attached hydrogen (secondary N) is 1. The van der Waals surface area contributed by atoms with Gasteiger partial charge >= 0.3 is 0 Å². The number of aromatic nitrogens is 3. The maximum Gasteiger partial charge on any atom is 0.295 e. The van der Waals surface area contributed by atoms with Crippen LogP contribution in [0.25, 0.3) is 17.1 Å². The fraction of sp³-hybridized carbons (Fsp3) is 0.0455. The van der Waals surface area contributed by atoms with Gasteiger partial charge in [0.15, 0.2) is 5.82 Å². The lowest BCUT2D eigenvalue weighted by Crippen LogP contribution is -2.14. The molecule has 4 aromatic rings. The van der Waals surface area contributed by atoms with Crippen LogP contribution >= 0.6 is 15.9 Å².